The van der Waals surface area contributed by atoms with Gasteiger partial charge in [0.2, 0.25) is 21.8 Å². The van der Waals surface area contributed by atoms with Crippen molar-refractivity contribution < 1.29 is 27.5 Å². The predicted molar refractivity (Wildman–Crippen MR) is 132 cm³/mol. The number of likely N-dealkylation sites (N-methyl/N-ethyl adjacent to an activating group) is 1. The Labute approximate surface area is 209 Å². The summed E-state index contributed by atoms with van der Waals surface area (Å²) in [6.07, 6.45) is 0.989. The number of carbonyl (C=O) groups is 2. The van der Waals surface area contributed by atoms with Crippen molar-refractivity contribution in [2.45, 2.75) is 19.5 Å². The fourth-order valence-electron chi connectivity index (χ4n) is 3.22. The van der Waals surface area contributed by atoms with Crippen LogP contribution in [0, 0.1) is 0 Å². The first-order valence-electron chi connectivity index (χ1n) is 10.1. The molecule has 0 aliphatic rings. The van der Waals surface area contributed by atoms with Gasteiger partial charge in [-0.05, 0) is 36.8 Å². The fraction of sp³-hybridized carbons (Fsp3) is 0.364. The standard InChI is InChI=1S/C22H27Cl2N3O6S/c1-14(22(29)25-2)26(12-15-6-8-17(23)18(24)10-15)21(28)13-27(34(5,30)31)16-7-9-19(32-3)20(11-16)33-4/h6-11,14H,12-13H2,1-5H3,(H,25,29). The lowest BCUT2D eigenvalue weighted by Crippen LogP contribution is -2.50. The second-order valence-corrected chi connectivity index (χ2v) is 10.1. The molecule has 2 amide bonds. The molecule has 0 aromatic heterocycles. The molecule has 2 aromatic rings. The van der Waals surface area contributed by atoms with Crippen LogP contribution in [-0.2, 0) is 26.2 Å². The average molecular weight is 532 g/mol. The van der Waals surface area contributed by atoms with Gasteiger partial charge in [0.1, 0.15) is 12.6 Å². The molecule has 0 fully saturated rings. The van der Waals surface area contributed by atoms with E-state index >= 15 is 0 Å². The van der Waals surface area contributed by atoms with Gasteiger partial charge in [-0.1, -0.05) is 29.3 Å². The Kier molecular flexibility index (Phi) is 9.43. The van der Waals surface area contributed by atoms with Gasteiger partial charge < -0.3 is 19.7 Å². The number of carbonyl (C=O) groups excluding carboxylic acids is 2. The normalized spacial score (nSPS) is 12.0. The van der Waals surface area contributed by atoms with Gasteiger partial charge in [0.25, 0.3) is 0 Å². The summed E-state index contributed by atoms with van der Waals surface area (Å²) in [7, 11) is 0.447. The summed E-state index contributed by atoms with van der Waals surface area (Å²) in [5.41, 5.74) is 0.825. The number of nitrogens with one attached hydrogen (secondary N) is 1. The Bertz CT molecular complexity index is 1160. The highest BCUT2D eigenvalue weighted by molar-refractivity contribution is 7.92. The van der Waals surface area contributed by atoms with Gasteiger partial charge in [-0.2, -0.15) is 0 Å². The highest BCUT2D eigenvalue weighted by Crippen LogP contribution is 2.32. The molecule has 0 aliphatic carbocycles. The number of ether oxygens (including phenoxy) is 2. The second-order valence-electron chi connectivity index (χ2n) is 7.37. The van der Waals surface area contributed by atoms with Gasteiger partial charge >= 0.3 is 0 Å². The van der Waals surface area contributed by atoms with Crippen LogP contribution in [-0.4, -0.2) is 65.2 Å². The van der Waals surface area contributed by atoms with Gasteiger partial charge in [-0.25, -0.2) is 8.42 Å². The summed E-state index contributed by atoms with van der Waals surface area (Å²) in [4.78, 5) is 27.0. The summed E-state index contributed by atoms with van der Waals surface area (Å²) in [5.74, 6) is -0.305. The average Bonchev–Trinajstić information content (AvgIpc) is 2.80. The number of rotatable bonds is 10. The SMILES string of the molecule is CNC(=O)C(C)N(Cc1ccc(Cl)c(Cl)c1)C(=O)CN(c1ccc(OC)c(OC)c1)S(C)(=O)=O. The van der Waals surface area contributed by atoms with Crippen LogP contribution in [0.25, 0.3) is 0 Å². The van der Waals surface area contributed by atoms with Gasteiger partial charge in [-0.15, -0.1) is 0 Å². The number of hydrogen-bond acceptors (Lipinski definition) is 6. The van der Waals surface area contributed by atoms with Crippen molar-refractivity contribution in [2.24, 2.45) is 0 Å². The van der Waals surface area contributed by atoms with E-state index in [1.54, 1.807) is 25.1 Å². The monoisotopic (exact) mass is 531 g/mol. The molecule has 1 N–H and O–H groups in total. The van der Waals surface area contributed by atoms with Crippen molar-refractivity contribution in [1.29, 1.82) is 0 Å². The summed E-state index contributed by atoms with van der Waals surface area (Å²) in [6, 6.07) is 8.45. The molecule has 0 aliphatic heterocycles. The Balaban J connectivity index is 2.44. The van der Waals surface area contributed by atoms with Crippen molar-refractivity contribution in [3.63, 3.8) is 0 Å². The van der Waals surface area contributed by atoms with E-state index in [0.29, 0.717) is 27.1 Å². The third-order valence-corrected chi connectivity index (χ3v) is 6.96. The zero-order chi connectivity index (χ0) is 25.6. The number of benzene rings is 2. The molecule has 186 valence electrons. The molecule has 0 spiro atoms. The Morgan fingerprint density at radius 2 is 1.68 bits per heavy atom. The lowest BCUT2D eigenvalue weighted by atomic mass is 10.1. The summed E-state index contributed by atoms with van der Waals surface area (Å²) >= 11 is 12.1. The first-order chi connectivity index (χ1) is 15.9. The van der Waals surface area contributed by atoms with Gasteiger partial charge in [0, 0.05) is 19.7 Å². The van der Waals surface area contributed by atoms with Crippen LogP contribution in [0.1, 0.15) is 12.5 Å². The Morgan fingerprint density at radius 1 is 1.03 bits per heavy atom. The van der Waals surface area contributed by atoms with Crippen LogP contribution in [0.2, 0.25) is 10.0 Å². The topological polar surface area (TPSA) is 105 Å². The van der Waals surface area contributed by atoms with Crippen LogP contribution in [0.4, 0.5) is 5.69 Å². The minimum atomic E-state index is -3.88. The van der Waals surface area contributed by atoms with E-state index in [1.807, 2.05) is 0 Å². The molecule has 1 unspecified atom stereocenters. The Morgan fingerprint density at radius 3 is 2.21 bits per heavy atom. The highest BCUT2D eigenvalue weighted by atomic mass is 35.5. The van der Waals surface area contributed by atoms with Crippen LogP contribution in [0.5, 0.6) is 11.5 Å². The van der Waals surface area contributed by atoms with E-state index in [9.17, 15) is 18.0 Å². The maximum Gasteiger partial charge on any atom is 0.244 e. The van der Waals surface area contributed by atoms with E-state index in [0.717, 1.165) is 10.6 Å². The number of methoxy groups -OCH3 is 2. The van der Waals surface area contributed by atoms with E-state index in [1.165, 1.54) is 44.4 Å². The third-order valence-electron chi connectivity index (χ3n) is 5.08. The maximum absolute atomic E-state index is 13.4. The first kappa shape index (κ1) is 27.6. The van der Waals surface area contributed by atoms with Crippen molar-refractivity contribution in [3.8, 4) is 11.5 Å². The number of hydrogen-bond donors (Lipinski definition) is 1. The zero-order valence-electron chi connectivity index (χ0n) is 19.5. The van der Waals surface area contributed by atoms with Crippen LogP contribution in [0.3, 0.4) is 0 Å². The van der Waals surface area contributed by atoms with Crippen LogP contribution in [0.15, 0.2) is 36.4 Å². The predicted octanol–water partition coefficient (Wildman–Crippen LogP) is 2.94. The number of amides is 2. The smallest absolute Gasteiger partial charge is 0.244 e. The molecule has 0 saturated carbocycles. The number of halogens is 2. The van der Waals surface area contributed by atoms with Crippen LogP contribution < -0.4 is 19.1 Å². The summed E-state index contributed by atoms with van der Waals surface area (Å²) in [6.45, 7) is 1.01. The van der Waals surface area contributed by atoms with E-state index in [2.05, 4.69) is 5.32 Å². The summed E-state index contributed by atoms with van der Waals surface area (Å²) < 4.78 is 36.6. The van der Waals surface area contributed by atoms with E-state index in [-0.39, 0.29) is 12.2 Å². The van der Waals surface area contributed by atoms with E-state index in [4.69, 9.17) is 32.7 Å². The van der Waals surface area contributed by atoms with Gasteiger partial charge in [0.05, 0.1) is 36.2 Å². The molecule has 1 atom stereocenters. The maximum atomic E-state index is 13.4. The van der Waals surface area contributed by atoms with Gasteiger partial charge in [0.15, 0.2) is 11.5 Å². The van der Waals surface area contributed by atoms with Crippen molar-refractivity contribution >= 4 is 50.7 Å². The molecule has 0 radical (unpaired) electrons. The molecule has 12 heteroatoms. The molecule has 2 aromatic carbocycles. The summed E-state index contributed by atoms with van der Waals surface area (Å²) in [5, 5.41) is 3.15. The first-order valence-corrected chi connectivity index (χ1v) is 12.7. The molecule has 0 saturated heterocycles. The zero-order valence-corrected chi connectivity index (χ0v) is 21.8. The lowest BCUT2D eigenvalue weighted by molar-refractivity contribution is -0.139. The minimum Gasteiger partial charge on any atom is -0.493 e. The van der Waals surface area contributed by atoms with Crippen molar-refractivity contribution in [1.82, 2.24) is 10.2 Å². The highest BCUT2D eigenvalue weighted by Gasteiger charge is 2.30. The second kappa shape index (κ2) is 11.6. The largest absolute Gasteiger partial charge is 0.493 e. The quantitative estimate of drug-likeness (QED) is 0.505. The number of anilines is 1. The van der Waals surface area contributed by atoms with Crippen LogP contribution >= 0.6 is 23.2 Å². The molecular formula is C22H27Cl2N3O6S. The van der Waals surface area contributed by atoms with E-state index < -0.39 is 34.4 Å². The Hall–Kier alpha value is -2.69. The molecule has 0 bridgehead atoms. The molecule has 0 heterocycles. The number of nitrogens with zero attached hydrogens (tertiary/aromatic N) is 2. The molecule has 9 nitrogen and oxygen atoms in total. The minimum absolute atomic E-state index is 0.00778. The molecule has 2 rings (SSSR count). The molecule has 34 heavy (non-hydrogen) atoms. The third kappa shape index (κ3) is 6.68. The fourth-order valence-corrected chi connectivity index (χ4v) is 4.38. The van der Waals surface area contributed by atoms with Crippen molar-refractivity contribution in [3.05, 3.63) is 52.0 Å². The van der Waals surface area contributed by atoms with Crippen molar-refractivity contribution in [2.75, 3.05) is 38.4 Å². The van der Waals surface area contributed by atoms with Gasteiger partial charge in [-0.3, -0.25) is 13.9 Å². The number of sulfonamides is 1. The molecular weight excluding hydrogens is 505 g/mol. The lowest BCUT2D eigenvalue weighted by Gasteiger charge is -2.31.